The number of anilines is 1. The van der Waals surface area contributed by atoms with Crippen LogP contribution < -0.4 is 10.6 Å². The Kier molecular flexibility index (Phi) is 4.27. The molecule has 1 aliphatic rings. The molecule has 0 saturated carbocycles. The van der Waals surface area contributed by atoms with E-state index in [0.29, 0.717) is 0 Å². The van der Waals surface area contributed by atoms with Gasteiger partial charge in [-0.2, -0.15) is 0 Å². The van der Waals surface area contributed by atoms with Crippen molar-refractivity contribution in [3.8, 4) is 0 Å². The van der Waals surface area contributed by atoms with Crippen molar-refractivity contribution in [2.24, 2.45) is 5.73 Å². The van der Waals surface area contributed by atoms with Crippen molar-refractivity contribution < 1.29 is 9.53 Å². The van der Waals surface area contributed by atoms with Crippen LogP contribution in [-0.4, -0.2) is 44.2 Å². The second-order valence-electron chi connectivity index (χ2n) is 4.96. The topological polar surface area (TPSA) is 58.8 Å². The Balaban J connectivity index is 2.00. The molecule has 1 saturated heterocycles. The molecule has 2 N–H and O–H groups in total. The Morgan fingerprint density at radius 1 is 1.21 bits per heavy atom. The fourth-order valence-electron chi connectivity index (χ4n) is 2.26. The van der Waals surface area contributed by atoms with Gasteiger partial charge in [0.2, 0.25) is 0 Å². The van der Waals surface area contributed by atoms with Crippen molar-refractivity contribution in [2.45, 2.75) is 13.0 Å². The van der Waals surface area contributed by atoms with Gasteiger partial charge in [0.25, 0.3) is 0 Å². The van der Waals surface area contributed by atoms with Crippen molar-refractivity contribution in [3.05, 3.63) is 29.8 Å². The van der Waals surface area contributed by atoms with Gasteiger partial charge in [0, 0.05) is 31.9 Å². The first-order chi connectivity index (χ1) is 9.06. The molecule has 0 spiro atoms. The van der Waals surface area contributed by atoms with Crippen LogP contribution in [0.15, 0.2) is 24.3 Å². The third kappa shape index (κ3) is 3.61. The number of nitrogens with two attached hydrogens (primary N) is 1. The zero-order valence-corrected chi connectivity index (χ0v) is 11.5. The molecule has 0 aromatic heterocycles. The molecule has 104 valence electrons. The zero-order chi connectivity index (χ0) is 13.8. The molecule has 1 fully saturated rings. The number of piperazine rings is 1. The predicted molar refractivity (Wildman–Crippen MR) is 75.2 cm³/mol. The minimum atomic E-state index is -0.740. The smallest absolute Gasteiger partial charge is 0.405 e. The van der Waals surface area contributed by atoms with Crippen molar-refractivity contribution in [3.63, 3.8) is 0 Å². The number of amides is 1. The maximum absolute atomic E-state index is 10.7. The molecule has 0 unspecified atom stereocenters. The summed E-state index contributed by atoms with van der Waals surface area (Å²) in [4.78, 5) is 15.4. The summed E-state index contributed by atoms with van der Waals surface area (Å²) in [5.41, 5.74) is 7.18. The van der Waals surface area contributed by atoms with E-state index in [1.807, 2.05) is 19.1 Å². The van der Waals surface area contributed by atoms with E-state index in [1.54, 1.807) is 0 Å². The van der Waals surface area contributed by atoms with Gasteiger partial charge in [0.15, 0.2) is 0 Å². The molecule has 0 bridgehead atoms. The number of rotatable bonds is 3. The molecule has 0 aliphatic carbocycles. The molecule has 19 heavy (non-hydrogen) atoms. The second-order valence-corrected chi connectivity index (χ2v) is 4.96. The van der Waals surface area contributed by atoms with E-state index in [2.05, 4.69) is 29.0 Å². The van der Waals surface area contributed by atoms with Crippen molar-refractivity contribution in [1.29, 1.82) is 0 Å². The van der Waals surface area contributed by atoms with E-state index in [9.17, 15) is 4.79 Å². The summed E-state index contributed by atoms with van der Waals surface area (Å²) in [5.74, 6) is 0. The van der Waals surface area contributed by atoms with Crippen molar-refractivity contribution >= 4 is 11.8 Å². The standard InChI is InChI=1S/C14H21N3O2/c1-11(19-14(15)18)12-3-5-13(6-4-12)17-9-7-16(2)8-10-17/h3-6,11H,7-10H2,1-2H3,(H2,15,18)/t11-/m0/s1. The summed E-state index contributed by atoms with van der Waals surface area (Å²) in [6.45, 7) is 6.08. The van der Waals surface area contributed by atoms with Gasteiger partial charge in [0.05, 0.1) is 0 Å². The van der Waals surface area contributed by atoms with Crippen LogP contribution in [0.3, 0.4) is 0 Å². The Morgan fingerprint density at radius 3 is 2.32 bits per heavy atom. The second kappa shape index (κ2) is 5.93. The number of hydrogen-bond donors (Lipinski definition) is 1. The van der Waals surface area contributed by atoms with E-state index in [0.717, 1.165) is 31.7 Å². The molecular formula is C14H21N3O2. The molecule has 1 heterocycles. The molecule has 5 nitrogen and oxygen atoms in total. The van der Waals surface area contributed by atoms with Gasteiger partial charge in [-0.05, 0) is 31.7 Å². The summed E-state index contributed by atoms with van der Waals surface area (Å²) in [6, 6.07) is 8.12. The molecular weight excluding hydrogens is 242 g/mol. The molecule has 1 amide bonds. The molecule has 1 aromatic rings. The minimum Gasteiger partial charge on any atom is -0.442 e. The number of nitrogens with zero attached hydrogens (tertiary/aromatic N) is 2. The molecule has 5 heteroatoms. The predicted octanol–water partition coefficient (Wildman–Crippen LogP) is 1.59. The lowest BCUT2D eigenvalue weighted by molar-refractivity contribution is 0.116. The molecule has 1 aliphatic heterocycles. The van der Waals surface area contributed by atoms with E-state index < -0.39 is 6.09 Å². The Bertz CT molecular complexity index is 425. The van der Waals surface area contributed by atoms with Gasteiger partial charge in [-0.25, -0.2) is 4.79 Å². The third-order valence-corrected chi connectivity index (χ3v) is 3.52. The van der Waals surface area contributed by atoms with Crippen LogP contribution in [0.25, 0.3) is 0 Å². The highest BCUT2D eigenvalue weighted by molar-refractivity contribution is 5.65. The summed E-state index contributed by atoms with van der Waals surface area (Å²) in [6.07, 6.45) is -1.05. The molecule has 1 atom stereocenters. The number of hydrogen-bond acceptors (Lipinski definition) is 4. The fourth-order valence-corrected chi connectivity index (χ4v) is 2.26. The molecule has 1 aromatic carbocycles. The normalized spacial score (nSPS) is 18.1. The van der Waals surface area contributed by atoms with Crippen LogP contribution in [0, 0.1) is 0 Å². The van der Waals surface area contributed by atoms with Gasteiger partial charge in [-0.15, -0.1) is 0 Å². The number of carbonyl (C=O) groups excluding carboxylic acids is 1. The van der Waals surface area contributed by atoms with E-state index in [1.165, 1.54) is 5.69 Å². The van der Waals surface area contributed by atoms with E-state index in [-0.39, 0.29) is 6.10 Å². The van der Waals surface area contributed by atoms with Crippen LogP contribution in [0.2, 0.25) is 0 Å². The fraction of sp³-hybridized carbons (Fsp3) is 0.500. The van der Waals surface area contributed by atoms with Gasteiger partial charge < -0.3 is 20.3 Å². The quantitative estimate of drug-likeness (QED) is 0.899. The number of benzene rings is 1. The Morgan fingerprint density at radius 2 is 1.79 bits per heavy atom. The largest absolute Gasteiger partial charge is 0.442 e. The van der Waals surface area contributed by atoms with E-state index in [4.69, 9.17) is 10.5 Å². The molecule has 0 radical (unpaired) electrons. The first-order valence-electron chi connectivity index (χ1n) is 6.56. The van der Waals surface area contributed by atoms with Crippen LogP contribution in [-0.2, 0) is 4.74 Å². The molecule has 2 rings (SSSR count). The lowest BCUT2D eigenvalue weighted by Crippen LogP contribution is -2.44. The first-order valence-corrected chi connectivity index (χ1v) is 6.56. The van der Waals surface area contributed by atoms with Gasteiger partial charge >= 0.3 is 6.09 Å². The number of carbonyl (C=O) groups is 1. The van der Waals surface area contributed by atoms with Gasteiger partial charge in [-0.1, -0.05) is 12.1 Å². The van der Waals surface area contributed by atoms with Crippen LogP contribution in [0.5, 0.6) is 0 Å². The minimum absolute atomic E-state index is 0.306. The highest BCUT2D eigenvalue weighted by Gasteiger charge is 2.15. The third-order valence-electron chi connectivity index (χ3n) is 3.52. The Hall–Kier alpha value is -1.75. The maximum atomic E-state index is 10.7. The zero-order valence-electron chi connectivity index (χ0n) is 11.5. The number of primary amides is 1. The average molecular weight is 263 g/mol. The lowest BCUT2D eigenvalue weighted by Gasteiger charge is -2.34. The number of likely N-dealkylation sites (N-methyl/N-ethyl adjacent to an activating group) is 1. The first kappa shape index (κ1) is 13.7. The van der Waals surface area contributed by atoms with Crippen LogP contribution in [0.4, 0.5) is 10.5 Å². The van der Waals surface area contributed by atoms with Crippen LogP contribution in [0.1, 0.15) is 18.6 Å². The van der Waals surface area contributed by atoms with Gasteiger partial charge in [-0.3, -0.25) is 0 Å². The lowest BCUT2D eigenvalue weighted by atomic mass is 10.1. The van der Waals surface area contributed by atoms with Gasteiger partial charge in [0.1, 0.15) is 6.10 Å². The average Bonchev–Trinajstić information content (AvgIpc) is 2.39. The summed E-state index contributed by atoms with van der Waals surface area (Å²) >= 11 is 0. The summed E-state index contributed by atoms with van der Waals surface area (Å²) in [5, 5.41) is 0. The van der Waals surface area contributed by atoms with Crippen molar-refractivity contribution in [1.82, 2.24) is 4.90 Å². The van der Waals surface area contributed by atoms with Crippen molar-refractivity contribution in [2.75, 3.05) is 38.1 Å². The monoisotopic (exact) mass is 263 g/mol. The van der Waals surface area contributed by atoms with Crippen LogP contribution >= 0.6 is 0 Å². The highest BCUT2D eigenvalue weighted by Crippen LogP contribution is 2.22. The highest BCUT2D eigenvalue weighted by atomic mass is 16.6. The summed E-state index contributed by atoms with van der Waals surface area (Å²) in [7, 11) is 2.14. The summed E-state index contributed by atoms with van der Waals surface area (Å²) < 4.78 is 4.95. The Labute approximate surface area is 113 Å². The van der Waals surface area contributed by atoms with E-state index >= 15 is 0 Å². The maximum Gasteiger partial charge on any atom is 0.405 e. The SMILES string of the molecule is C[C@H](OC(N)=O)c1ccc(N2CCN(C)CC2)cc1. The number of ether oxygens (including phenoxy) is 1.